The van der Waals surface area contributed by atoms with Gasteiger partial charge in [-0.3, -0.25) is 13.9 Å². The SMILES string of the molecule is CC[C@@H](C)NC(=O)[C@@H](Cc1ccccc1)N(Cc1cccc(C)c1)C(=O)CN(c1cc(Cl)ccc1C)S(C)(=O)=O. The number of rotatable bonds is 12. The molecule has 3 rings (SSSR count). The van der Waals surface area contributed by atoms with Gasteiger partial charge in [0.15, 0.2) is 0 Å². The van der Waals surface area contributed by atoms with Gasteiger partial charge < -0.3 is 10.2 Å². The Balaban J connectivity index is 2.09. The molecule has 40 heavy (non-hydrogen) atoms. The first-order valence-electron chi connectivity index (χ1n) is 13.3. The van der Waals surface area contributed by atoms with Crippen LogP contribution >= 0.6 is 11.6 Å². The molecule has 9 heteroatoms. The number of amides is 2. The predicted octanol–water partition coefficient (Wildman–Crippen LogP) is 5.28. The molecule has 1 N–H and O–H groups in total. The Hall–Kier alpha value is -3.36. The minimum Gasteiger partial charge on any atom is -0.352 e. The van der Waals surface area contributed by atoms with Crippen molar-refractivity contribution < 1.29 is 18.0 Å². The Morgan fingerprint density at radius 1 is 0.950 bits per heavy atom. The minimum atomic E-state index is -3.87. The first kappa shape index (κ1) is 31.2. The first-order chi connectivity index (χ1) is 18.9. The number of halogens is 1. The molecular weight excluding hydrogens is 546 g/mol. The lowest BCUT2D eigenvalue weighted by Gasteiger charge is -2.34. The fourth-order valence-electron chi connectivity index (χ4n) is 4.45. The summed E-state index contributed by atoms with van der Waals surface area (Å²) in [6.07, 6.45) is 2.06. The number of carbonyl (C=O) groups is 2. The highest BCUT2D eigenvalue weighted by atomic mass is 35.5. The molecule has 0 aliphatic carbocycles. The van der Waals surface area contributed by atoms with Gasteiger partial charge in [0.25, 0.3) is 0 Å². The van der Waals surface area contributed by atoms with Crippen LogP contribution in [0.25, 0.3) is 0 Å². The average Bonchev–Trinajstić information content (AvgIpc) is 2.90. The van der Waals surface area contributed by atoms with Crippen LogP contribution in [-0.4, -0.2) is 50.0 Å². The minimum absolute atomic E-state index is 0.0941. The zero-order valence-corrected chi connectivity index (χ0v) is 25.3. The third kappa shape index (κ3) is 8.57. The van der Waals surface area contributed by atoms with Crippen LogP contribution in [0.1, 0.15) is 42.5 Å². The van der Waals surface area contributed by atoms with Gasteiger partial charge in [-0.15, -0.1) is 0 Å². The van der Waals surface area contributed by atoms with Crippen LogP contribution in [0.5, 0.6) is 0 Å². The number of anilines is 1. The Morgan fingerprint density at radius 2 is 1.62 bits per heavy atom. The molecule has 0 aromatic heterocycles. The Bertz CT molecular complexity index is 1430. The summed E-state index contributed by atoms with van der Waals surface area (Å²) in [5.74, 6) is -0.782. The Morgan fingerprint density at radius 3 is 2.25 bits per heavy atom. The summed E-state index contributed by atoms with van der Waals surface area (Å²) in [7, 11) is -3.87. The smallest absolute Gasteiger partial charge is 0.244 e. The summed E-state index contributed by atoms with van der Waals surface area (Å²) in [4.78, 5) is 29.4. The number of hydrogen-bond donors (Lipinski definition) is 1. The molecule has 0 aliphatic heterocycles. The molecule has 0 spiro atoms. The molecule has 3 aromatic carbocycles. The third-order valence-electron chi connectivity index (χ3n) is 6.83. The fraction of sp³-hybridized carbons (Fsp3) is 0.355. The van der Waals surface area contributed by atoms with E-state index in [2.05, 4.69) is 5.32 Å². The lowest BCUT2D eigenvalue weighted by atomic mass is 10.0. The molecule has 2 amide bonds. The molecule has 7 nitrogen and oxygen atoms in total. The lowest BCUT2D eigenvalue weighted by molar-refractivity contribution is -0.140. The quantitative estimate of drug-likeness (QED) is 0.314. The molecule has 0 saturated carbocycles. The molecule has 0 radical (unpaired) electrons. The van der Waals surface area contributed by atoms with Gasteiger partial charge in [0.05, 0.1) is 11.9 Å². The van der Waals surface area contributed by atoms with E-state index in [4.69, 9.17) is 11.6 Å². The van der Waals surface area contributed by atoms with Gasteiger partial charge >= 0.3 is 0 Å². The number of carbonyl (C=O) groups excluding carboxylic acids is 2. The van der Waals surface area contributed by atoms with Gasteiger partial charge in [-0.05, 0) is 56.0 Å². The summed E-state index contributed by atoms with van der Waals surface area (Å²) in [5, 5.41) is 3.39. The predicted molar refractivity (Wildman–Crippen MR) is 162 cm³/mol. The number of benzene rings is 3. The van der Waals surface area contributed by atoms with Crippen LogP contribution in [0.15, 0.2) is 72.8 Å². The maximum Gasteiger partial charge on any atom is 0.244 e. The van der Waals surface area contributed by atoms with Crippen molar-refractivity contribution in [2.75, 3.05) is 17.1 Å². The zero-order chi connectivity index (χ0) is 29.4. The van der Waals surface area contributed by atoms with Gasteiger partial charge in [-0.2, -0.15) is 0 Å². The van der Waals surface area contributed by atoms with E-state index in [1.54, 1.807) is 19.1 Å². The summed E-state index contributed by atoms with van der Waals surface area (Å²) in [5.41, 5.74) is 3.72. The summed E-state index contributed by atoms with van der Waals surface area (Å²) >= 11 is 6.21. The van der Waals surface area contributed by atoms with Crippen molar-refractivity contribution in [1.82, 2.24) is 10.2 Å². The second-order valence-corrected chi connectivity index (χ2v) is 12.6. The lowest BCUT2D eigenvalue weighted by Crippen LogP contribution is -2.54. The van der Waals surface area contributed by atoms with Crippen LogP contribution in [0.3, 0.4) is 0 Å². The molecule has 0 bridgehead atoms. The van der Waals surface area contributed by atoms with Crippen molar-refractivity contribution in [3.8, 4) is 0 Å². The molecule has 2 atom stereocenters. The topological polar surface area (TPSA) is 86.8 Å². The van der Waals surface area contributed by atoms with Gasteiger partial charge in [0.1, 0.15) is 12.6 Å². The molecule has 0 aliphatic rings. The molecule has 0 fully saturated rings. The third-order valence-corrected chi connectivity index (χ3v) is 8.19. The fourth-order valence-corrected chi connectivity index (χ4v) is 5.51. The molecule has 0 saturated heterocycles. The van der Waals surface area contributed by atoms with E-state index < -0.39 is 28.5 Å². The summed E-state index contributed by atoms with van der Waals surface area (Å²) in [6, 6.07) is 21.2. The van der Waals surface area contributed by atoms with Crippen LogP contribution in [0.4, 0.5) is 5.69 Å². The maximum absolute atomic E-state index is 14.2. The molecular formula is C31H38ClN3O4S. The normalized spacial score (nSPS) is 12.8. The van der Waals surface area contributed by atoms with Crippen LogP contribution in [-0.2, 0) is 32.6 Å². The van der Waals surface area contributed by atoms with Gasteiger partial charge in [-0.25, -0.2) is 8.42 Å². The van der Waals surface area contributed by atoms with Gasteiger partial charge in [0, 0.05) is 24.0 Å². The van der Waals surface area contributed by atoms with E-state index in [1.807, 2.05) is 75.4 Å². The number of nitrogens with zero attached hydrogens (tertiary/aromatic N) is 2. The molecule has 3 aromatic rings. The second kappa shape index (κ2) is 13.8. The van der Waals surface area contributed by atoms with Crippen molar-refractivity contribution in [3.05, 3.63) is 100 Å². The Labute approximate surface area is 243 Å². The van der Waals surface area contributed by atoms with Crippen LogP contribution < -0.4 is 9.62 Å². The van der Waals surface area contributed by atoms with E-state index in [0.717, 1.165) is 33.7 Å². The van der Waals surface area contributed by atoms with Crippen molar-refractivity contribution in [3.63, 3.8) is 0 Å². The largest absolute Gasteiger partial charge is 0.352 e. The number of nitrogens with one attached hydrogen (secondary N) is 1. The van der Waals surface area contributed by atoms with Crippen LogP contribution in [0.2, 0.25) is 5.02 Å². The summed E-state index contributed by atoms with van der Waals surface area (Å²) < 4.78 is 27.0. The highest BCUT2D eigenvalue weighted by Gasteiger charge is 2.33. The molecule has 214 valence electrons. The standard InChI is InChI=1S/C31H38ClN3O4S/c1-6-24(4)33-31(37)29(18-25-12-8-7-9-13-25)34(20-26-14-10-11-22(2)17-26)30(36)21-35(40(5,38)39)28-19-27(32)16-15-23(28)3/h7-17,19,24,29H,6,18,20-21H2,1-5H3,(H,33,37)/t24-,29-/m1/s1. The maximum atomic E-state index is 14.2. The van der Waals surface area contributed by atoms with Gasteiger partial charge in [-0.1, -0.05) is 84.8 Å². The van der Waals surface area contributed by atoms with Crippen LogP contribution in [0, 0.1) is 13.8 Å². The molecule has 0 heterocycles. The van der Waals surface area contributed by atoms with E-state index in [1.165, 1.54) is 11.0 Å². The van der Waals surface area contributed by atoms with Crippen molar-refractivity contribution >= 4 is 39.1 Å². The van der Waals surface area contributed by atoms with Crippen molar-refractivity contribution in [2.24, 2.45) is 0 Å². The van der Waals surface area contributed by atoms with E-state index in [0.29, 0.717) is 16.3 Å². The number of hydrogen-bond acceptors (Lipinski definition) is 4. The van der Waals surface area contributed by atoms with E-state index in [-0.39, 0.29) is 24.9 Å². The van der Waals surface area contributed by atoms with Gasteiger partial charge in [0.2, 0.25) is 21.8 Å². The molecule has 0 unspecified atom stereocenters. The average molecular weight is 584 g/mol. The number of aryl methyl sites for hydroxylation is 2. The zero-order valence-electron chi connectivity index (χ0n) is 23.7. The number of sulfonamides is 1. The van der Waals surface area contributed by atoms with Crippen molar-refractivity contribution in [1.29, 1.82) is 0 Å². The van der Waals surface area contributed by atoms with Crippen molar-refractivity contribution in [2.45, 2.75) is 59.2 Å². The Kier molecular flexibility index (Phi) is 10.8. The summed E-state index contributed by atoms with van der Waals surface area (Å²) in [6.45, 7) is 7.27. The first-order valence-corrected chi connectivity index (χ1v) is 15.5. The second-order valence-electron chi connectivity index (χ2n) is 10.2. The highest BCUT2D eigenvalue weighted by molar-refractivity contribution is 7.92. The van der Waals surface area contributed by atoms with E-state index >= 15 is 0 Å². The highest BCUT2D eigenvalue weighted by Crippen LogP contribution is 2.27. The monoisotopic (exact) mass is 583 g/mol. The van der Waals surface area contributed by atoms with E-state index in [9.17, 15) is 18.0 Å².